The fourth-order valence-corrected chi connectivity index (χ4v) is 2.76. The first-order chi connectivity index (χ1) is 13.5. The average molecular weight is 393 g/mol. The highest BCUT2D eigenvalue weighted by Gasteiger charge is 2.09. The Morgan fingerprint density at radius 1 is 1.11 bits per heavy atom. The zero-order chi connectivity index (χ0) is 20.8. The van der Waals surface area contributed by atoms with E-state index >= 15 is 0 Å². The molecule has 0 fully saturated rings. The molecule has 0 amide bonds. The molecular formula is C22H36N2O4. The van der Waals surface area contributed by atoms with Crippen molar-refractivity contribution in [1.29, 1.82) is 0 Å². The number of hydrogen-bond acceptors (Lipinski definition) is 6. The molecule has 0 aliphatic heterocycles. The van der Waals surface area contributed by atoms with Gasteiger partial charge >= 0.3 is 0 Å². The van der Waals surface area contributed by atoms with Crippen LogP contribution in [0.2, 0.25) is 0 Å². The minimum atomic E-state index is 0.489. The van der Waals surface area contributed by atoms with Gasteiger partial charge in [0.15, 0.2) is 0 Å². The van der Waals surface area contributed by atoms with E-state index in [-0.39, 0.29) is 0 Å². The monoisotopic (exact) mass is 392 g/mol. The summed E-state index contributed by atoms with van der Waals surface area (Å²) in [5.74, 6) is 1.82. The summed E-state index contributed by atoms with van der Waals surface area (Å²) in [5.41, 5.74) is 3.02. The van der Waals surface area contributed by atoms with E-state index in [1.165, 1.54) is 7.11 Å². The lowest BCUT2D eigenvalue weighted by atomic mass is 10.1. The lowest BCUT2D eigenvalue weighted by molar-refractivity contribution is 0.120. The fourth-order valence-electron chi connectivity index (χ4n) is 2.76. The second-order valence-electron chi connectivity index (χ2n) is 6.61. The summed E-state index contributed by atoms with van der Waals surface area (Å²) in [6.45, 7) is 15.1. The standard InChI is InChI=1S/C22H36N2O4/c1-7-9-12-27-21-15-18(3)22(19(4)16-21)28-14-11-24(8-2)10-13-26-17-20(5)23-25-6/h7,9,15-16H,8,10-14,17H2,1-6H3/b9-7+,23-20?. The Hall–Kier alpha value is -2.05. The van der Waals surface area contributed by atoms with Crippen molar-refractivity contribution in [2.75, 3.05) is 53.2 Å². The Labute approximate surface area is 170 Å². The van der Waals surface area contributed by atoms with E-state index in [4.69, 9.17) is 19.0 Å². The van der Waals surface area contributed by atoms with Crippen molar-refractivity contribution in [2.24, 2.45) is 5.16 Å². The number of likely N-dealkylation sites (N-methyl/N-ethyl adjacent to an activating group) is 1. The molecule has 0 saturated heterocycles. The molecule has 0 bridgehead atoms. The minimum Gasteiger partial charge on any atom is -0.492 e. The van der Waals surface area contributed by atoms with Crippen molar-refractivity contribution in [3.63, 3.8) is 0 Å². The quantitative estimate of drug-likeness (QED) is 0.207. The van der Waals surface area contributed by atoms with Gasteiger partial charge in [0, 0.05) is 13.1 Å². The first-order valence-corrected chi connectivity index (χ1v) is 9.86. The average Bonchev–Trinajstić information content (AvgIpc) is 2.66. The molecule has 6 heteroatoms. The smallest absolute Gasteiger partial charge is 0.125 e. The largest absolute Gasteiger partial charge is 0.492 e. The molecule has 0 heterocycles. The molecule has 0 aliphatic carbocycles. The zero-order valence-corrected chi connectivity index (χ0v) is 18.3. The van der Waals surface area contributed by atoms with Crippen LogP contribution in [0.4, 0.5) is 0 Å². The van der Waals surface area contributed by atoms with Crippen molar-refractivity contribution in [3.05, 3.63) is 35.4 Å². The molecule has 0 aromatic heterocycles. The number of oxime groups is 1. The summed E-state index contributed by atoms with van der Waals surface area (Å²) in [4.78, 5) is 7.03. The number of ether oxygens (including phenoxy) is 3. The predicted molar refractivity (Wildman–Crippen MR) is 115 cm³/mol. The van der Waals surface area contributed by atoms with Gasteiger partial charge in [0.2, 0.25) is 0 Å². The van der Waals surface area contributed by atoms with Gasteiger partial charge in [-0.15, -0.1) is 0 Å². The Bertz CT molecular complexity index is 606. The maximum absolute atomic E-state index is 6.07. The molecule has 0 saturated carbocycles. The topological polar surface area (TPSA) is 52.5 Å². The van der Waals surface area contributed by atoms with Gasteiger partial charge in [-0.25, -0.2) is 0 Å². The number of aryl methyl sites for hydroxylation is 2. The Morgan fingerprint density at radius 2 is 1.79 bits per heavy atom. The summed E-state index contributed by atoms with van der Waals surface area (Å²) in [6, 6.07) is 4.06. The minimum absolute atomic E-state index is 0.489. The van der Waals surface area contributed by atoms with Crippen molar-refractivity contribution in [2.45, 2.75) is 34.6 Å². The van der Waals surface area contributed by atoms with Crippen LogP contribution >= 0.6 is 0 Å². The number of allylic oxidation sites excluding steroid dienone is 1. The van der Waals surface area contributed by atoms with E-state index < -0.39 is 0 Å². The first-order valence-electron chi connectivity index (χ1n) is 9.86. The predicted octanol–water partition coefficient (Wildman–Crippen LogP) is 4.00. The Morgan fingerprint density at radius 3 is 2.39 bits per heavy atom. The second kappa shape index (κ2) is 14.0. The lowest BCUT2D eigenvalue weighted by Gasteiger charge is -2.21. The maximum Gasteiger partial charge on any atom is 0.125 e. The van der Waals surface area contributed by atoms with E-state index in [0.29, 0.717) is 26.4 Å². The summed E-state index contributed by atoms with van der Waals surface area (Å²) < 4.78 is 17.4. The van der Waals surface area contributed by atoms with Crippen LogP contribution in [-0.4, -0.2) is 63.8 Å². The van der Waals surface area contributed by atoms with Crippen LogP contribution in [0.25, 0.3) is 0 Å². The van der Waals surface area contributed by atoms with Gasteiger partial charge in [-0.05, 0) is 57.5 Å². The number of hydrogen-bond donors (Lipinski definition) is 0. The number of benzene rings is 1. The van der Waals surface area contributed by atoms with E-state index in [1.54, 1.807) is 0 Å². The van der Waals surface area contributed by atoms with Crippen LogP contribution in [-0.2, 0) is 9.57 Å². The lowest BCUT2D eigenvalue weighted by Crippen LogP contribution is -2.32. The molecule has 1 aromatic rings. The SMILES string of the molecule is C/C=C/COc1cc(C)c(OCCN(CC)CCOCC(C)=NOC)c(C)c1. The summed E-state index contributed by atoms with van der Waals surface area (Å²) in [7, 11) is 1.54. The van der Waals surface area contributed by atoms with Crippen LogP contribution in [0.15, 0.2) is 29.4 Å². The zero-order valence-electron chi connectivity index (χ0n) is 18.3. The van der Waals surface area contributed by atoms with Crippen molar-refractivity contribution in [1.82, 2.24) is 4.90 Å². The van der Waals surface area contributed by atoms with Gasteiger partial charge in [0.1, 0.15) is 31.8 Å². The molecule has 0 radical (unpaired) electrons. The fraction of sp³-hybridized carbons (Fsp3) is 0.591. The van der Waals surface area contributed by atoms with Crippen molar-refractivity contribution in [3.8, 4) is 11.5 Å². The van der Waals surface area contributed by atoms with Gasteiger partial charge in [-0.3, -0.25) is 4.90 Å². The van der Waals surface area contributed by atoms with Gasteiger partial charge in [-0.2, -0.15) is 0 Å². The van der Waals surface area contributed by atoms with Gasteiger partial charge in [0.25, 0.3) is 0 Å². The molecule has 0 unspecified atom stereocenters. The molecule has 6 nitrogen and oxygen atoms in total. The molecule has 158 valence electrons. The molecule has 0 N–H and O–H groups in total. The molecular weight excluding hydrogens is 356 g/mol. The molecule has 0 spiro atoms. The van der Waals surface area contributed by atoms with Crippen LogP contribution < -0.4 is 9.47 Å². The van der Waals surface area contributed by atoms with E-state index in [2.05, 4.69) is 30.8 Å². The van der Waals surface area contributed by atoms with Gasteiger partial charge in [-0.1, -0.05) is 24.2 Å². The van der Waals surface area contributed by atoms with Gasteiger partial charge < -0.3 is 19.0 Å². The van der Waals surface area contributed by atoms with E-state index in [1.807, 2.05) is 38.1 Å². The second-order valence-corrected chi connectivity index (χ2v) is 6.61. The van der Waals surface area contributed by atoms with Crippen LogP contribution in [0.1, 0.15) is 31.9 Å². The first kappa shape index (κ1) is 24.0. The van der Waals surface area contributed by atoms with Crippen molar-refractivity contribution < 1.29 is 19.0 Å². The number of nitrogens with zero attached hydrogens (tertiary/aromatic N) is 2. The third-order valence-corrected chi connectivity index (χ3v) is 4.23. The van der Waals surface area contributed by atoms with E-state index in [0.717, 1.165) is 48.0 Å². The van der Waals surface area contributed by atoms with E-state index in [9.17, 15) is 0 Å². The highest BCUT2D eigenvalue weighted by molar-refractivity contribution is 5.82. The highest BCUT2D eigenvalue weighted by atomic mass is 16.6. The van der Waals surface area contributed by atoms with Crippen LogP contribution in [0, 0.1) is 13.8 Å². The molecule has 0 atom stereocenters. The highest BCUT2D eigenvalue weighted by Crippen LogP contribution is 2.28. The third kappa shape index (κ3) is 9.24. The summed E-state index contributed by atoms with van der Waals surface area (Å²) in [6.07, 6.45) is 3.97. The molecule has 28 heavy (non-hydrogen) atoms. The summed E-state index contributed by atoms with van der Waals surface area (Å²) in [5, 5.41) is 3.83. The molecule has 1 rings (SSSR count). The van der Waals surface area contributed by atoms with Crippen LogP contribution in [0.3, 0.4) is 0 Å². The van der Waals surface area contributed by atoms with Gasteiger partial charge in [0.05, 0.1) is 18.9 Å². The van der Waals surface area contributed by atoms with Crippen LogP contribution in [0.5, 0.6) is 11.5 Å². The summed E-state index contributed by atoms with van der Waals surface area (Å²) >= 11 is 0. The molecule has 0 aliphatic rings. The Balaban J connectivity index is 2.42. The van der Waals surface area contributed by atoms with Crippen molar-refractivity contribution >= 4 is 5.71 Å². The molecule has 1 aromatic carbocycles. The Kier molecular flexibility index (Phi) is 12.0. The third-order valence-electron chi connectivity index (χ3n) is 4.23. The maximum atomic E-state index is 6.07. The number of rotatable bonds is 14. The normalized spacial score (nSPS) is 12.0.